The Morgan fingerprint density at radius 2 is 2.11 bits per heavy atom. The van der Waals surface area contributed by atoms with Crippen molar-refractivity contribution in [3.05, 3.63) is 64.5 Å². The number of benzene rings is 1. The molecule has 27 heavy (non-hydrogen) atoms. The predicted octanol–water partition coefficient (Wildman–Crippen LogP) is 4.09. The molecule has 6 nitrogen and oxygen atoms in total. The van der Waals surface area contributed by atoms with E-state index in [1.807, 2.05) is 42.0 Å². The van der Waals surface area contributed by atoms with Crippen molar-refractivity contribution in [3.8, 4) is 0 Å². The minimum atomic E-state index is -0.0591. The van der Waals surface area contributed by atoms with E-state index in [2.05, 4.69) is 33.3 Å². The van der Waals surface area contributed by atoms with Crippen LogP contribution in [0.5, 0.6) is 0 Å². The second kappa shape index (κ2) is 5.94. The van der Waals surface area contributed by atoms with Crippen molar-refractivity contribution in [1.29, 1.82) is 0 Å². The van der Waals surface area contributed by atoms with Crippen LogP contribution in [0.25, 0.3) is 21.8 Å². The summed E-state index contributed by atoms with van der Waals surface area (Å²) in [5.41, 5.74) is 2.95. The normalized spacial score (nSPS) is 15.3. The molecule has 0 saturated heterocycles. The number of aryl methyl sites for hydroxylation is 1. The zero-order valence-corrected chi connectivity index (χ0v) is 15.4. The summed E-state index contributed by atoms with van der Waals surface area (Å²) < 4.78 is 1.99. The van der Waals surface area contributed by atoms with Gasteiger partial charge in [-0.2, -0.15) is 0 Å². The summed E-state index contributed by atoms with van der Waals surface area (Å²) in [7, 11) is 0. The molecule has 1 fully saturated rings. The highest BCUT2D eigenvalue weighted by Gasteiger charge is 2.29. The Morgan fingerprint density at radius 1 is 1.26 bits per heavy atom. The number of fused-ring (bicyclic) bond motifs is 2. The summed E-state index contributed by atoms with van der Waals surface area (Å²) in [6.07, 6.45) is 5.53. The van der Waals surface area contributed by atoms with E-state index in [9.17, 15) is 4.79 Å². The van der Waals surface area contributed by atoms with Crippen molar-refractivity contribution in [2.75, 3.05) is 5.32 Å². The average Bonchev–Trinajstić information content (AvgIpc) is 3.37. The van der Waals surface area contributed by atoms with Crippen LogP contribution < -0.4 is 10.9 Å². The number of anilines is 1. The quantitative estimate of drug-likeness (QED) is 0.575. The van der Waals surface area contributed by atoms with Crippen LogP contribution >= 0.6 is 0 Å². The van der Waals surface area contributed by atoms with Crippen LogP contribution in [0.15, 0.2) is 47.7 Å². The van der Waals surface area contributed by atoms with Gasteiger partial charge in [0.25, 0.3) is 5.56 Å². The molecular weight excluding hydrogens is 338 g/mol. The molecule has 0 radical (unpaired) electrons. The third-order valence-corrected chi connectivity index (χ3v) is 5.38. The Kier molecular flexibility index (Phi) is 3.53. The van der Waals surface area contributed by atoms with Gasteiger partial charge in [-0.3, -0.25) is 4.79 Å². The number of aromatic nitrogens is 4. The van der Waals surface area contributed by atoms with E-state index in [1.165, 1.54) is 0 Å². The molecule has 1 aliphatic rings. The molecule has 4 aromatic rings. The molecule has 1 aromatic carbocycles. The van der Waals surface area contributed by atoms with Crippen LogP contribution in [-0.2, 0) is 0 Å². The lowest BCUT2D eigenvalue weighted by atomic mass is 10.0. The van der Waals surface area contributed by atoms with E-state index in [-0.39, 0.29) is 11.6 Å². The monoisotopic (exact) mass is 359 g/mol. The molecule has 0 aliphatic heterocycles. The summed E-state index contributed by atoms with van der Waals surface area (Å²) in [6, 6.07) is 10.4. The van der Waals surface area contributed by atoms with Gasteiger partial charge in [0.2, 0.25) is 0 Å². The number of hydrogen-bond acceptors (Lipinski definition) is 4. The fourth-order valence-electron chi connectivity index (χ4n) is 3.88. The van der Waals surface area contributed by atoms with Crippen LogP contribution in [0.4, 0.5) is 5.82 Å². The second-order valence-corrected chi connectivity index (χ2v) is 7.34. The van der Waals surface area contributed by atoms with E-state index >= 15 is 0 Å². The summed E-state index contributed by atoms with van der Waals surface area (Å²) in [6.45, 7) is 4.09. The number of aromatic amines is 1. The van der Waals surface area contributed by atoms with E-state index in [0.29, 0.717) is 6.04 Å². The summed E-state index contributed by atoms with van der Waals surface area (Å²) >= 11 is 0. The van der Waals surface area contributed by atoms with Gasteiger partial charge in [-0.1, -0.05) is 18.2 Å². The number of pyridine rings is 1. The maximum absolute atomic E-state index is 13.3. The number of hydrogen-bond donors (Lipinski definition) is 2. The van der Waals surface area contributed by atoms with E-state index in [0.717, 1.165) is 51.7 Å². The van der Waals surface area contributed by atoms with Crippen molar-refractivity contribution < 1.29 is 0 Å². The first-order chi connectivity index (χ1) is 13.1. The third-order valence-electron chi connectivity index (χ3n) is 5.38. The maximum atomic E-state index is 13.3. The Balaban J connectivity index is 1.64. The molecule has 5 rings (SSSR count). The highest BCUT2D eigenvalue weighted by Crippen LogP contribution is 2.37. The Hall–Kier alpha value is -3.15. The van der Waals surface area contributed by atoms with Crippen molar-refractivity contribution in [3.63, 3.8) is 0 Å². The average molecular weight is 359 g/mol. The topological polar surface area (TPSA) is 75.6 Å². The zero-order chi connectivity index (χ0) is 18.5. The largest absolute Gasteiger partial charge is 0.361 e. The molecule has 2 N–H and O–H groups in total. The standard InChI is InChI=1S/C21H21N5O/c1-12-4-3-5-14-10-17(26(15-6-7-15)21(27)18(12)14)13(2)25-20-16-8-9-22-19(16)23-11-24-20/h3-5,8-11,13,15H,6-7H2,1-2H3,(H2,22,23,24,25). The van der Waals surface area contributed by atoms with Crippen molar-refractivity contribution in [1.82, 2.24) is 19.5 Å². The van der Waals surface area contributed by atoms with Crippen LogP contribution in [-0.4, -0.2) is 19.5 Å². The lowest BCUT2D eigenvalue weighted by molar-refractivity contribution is 0.636. The molecule has 6 heteroatoms. The number of rotatable bonds is 4. The predicted molar refractivity (Wildman–Crippen MR) is 107 cm³/mol. The number of nitrogens with one attached hydrogen (secondary N) is 2. The molecule has 0 bridgehead atoms. The molecule has 3 aromatic heterocycles. The van der Waals surface area contributed by atoms with Crippen LogP contribution in [0.3, 0.4) is 0 Å². The van der Waals surface area contributed by atoms with Gasteiger partial charge in [-0.05, 0) is 49.8 Å². The molecule has 1 saturated carbocycles. The highest BCUT2D eigenvalue weighted by atomic mass is 16.1. The Labute approximate surface area is 156 Å². The van der Waals surface area contributed by atoms with Gasteiger partial charge in [0.05, 0.1) is 16.8 Å². The molecule has 3 heterocycles. The molecular formula is C21H21N5O. The van der Waals surface area contributed by atoms with E-state index in [4.69, 9.17) is 0 Å². The van der Waals surface area contributed by atoms with Gasteiger partial charge in [0, 0.05) is 17.9 Å². The Morgan fingerprint density at radius 3 is 2.93 bits per heavy atom. The second-order valence-electron chi connectivity index (χ2n) is 7.34. The first kappa shape index (κ1) is 16.1. The van der Waals surface area contributed by atoms with E-state index in [1.54, 1.807) is 6.33 Å². The minimum Gasteiger partial charge on any atom is -0.361 e. The minimum absolute atomic E-state index is 0.0591. The summed E-state index contributed by atoms with van der Waals surface area (Å²) in [4.78, 5) is 25.0. The SMILES string of the molecule is Cc1cccc2cc(C(C)Nc3ncnc4[nH]ccc34)n(C3CC3)c(=O)c12. The van der Waals surface area contributed by atoms with Gasteiger partial charge < -0.3 is 14.9 Å². The number of H-pyrrole nitrogens is 1. The maximum Gasteiger partial charge on any atom is 0.259 e. The molecule has 136 valence electrons. The van der Waals surface area contributed by atoms with Crippen molar-refractivity contribution >= 4 is 27.6 Å². The Bertz CT molecular complexity index is 1220. The zero-order valence-electron chi connectivity index (χ0n) is 15.4. The van der Waals surface area contributed by atoms with Gasteiger partial charge in [-0.25, -0.2) is 9.97 Å². The smallest absolute Gasteiger partial charge is 0.259 e. The lowest BCUT2D eigenvalue weighted by Gasteiger charge is -2.21. The van der Waals surface area contributed by atoms with Gasteiger partial charge >= 0.3 is 0 Å². The fourth-order valence-corrected chi connectivity index (χ4v) is 3.88. The molecule has 1 aliphatic carbocycles. The molecule has 1 unspecified atom stereocenters. The van der Waals surface area contributed by atoms with Crippen LogP contribution in [0, 0.1) is 6.92 Å². The summed E-state index contributed by atoms with van der Waals surface area (Å²) in [5.74, 6) is 0.771. The van der Waals surface area contributed by atoms with Crippen molar-refractivity contribution in [2.45, 2.75) is 38.8 Å². The third kappa shape index (κ3) is 2.60. The molecule has 1 atom stereocenters. The van der Waals surface area contributed by atoms with Gasteiger partial charge in [-0.15, -0.1) is 0 Å². The van der Waals surface area contributed by atoms with Crippen molar-refractivity contribution in [2.24, 2.45) is 0 Å². The first-order valence-electron chi connectivity index (χ1n) is 9.33. The van der Waals surface area contributed by atoms with Crippen LogP contribution in [0.1, 0.15) is 43.1 Å². The van der Waals surface area contributed by atoms with Crippen LogP contribution in [0.2, 0.25) is 0 Å². The van der Waals surface area contributed by atoms with E-state index < -0.39 is 0 Å². The molecule has 0 amide bonds. The number of nitrogens with zero attached hydrogens (tertiary/aromatic N) is 3. The fraction of sp³-hybridized carbons (Fsp3) is 0.286. The lowest BCUT2D eigenvalue weighted by Crippen LogP contribution is -2.26. The first-order valence-corrected chi connectivity index (χ1v) is 9.33. The van der Waals surface area contributed by atoms with Gasteiger partial charge in [0.15, 0.2) is 0 Å². The summed E-state index contributed by atoms with van der Waals surface area (Å²) in [5, 5.41) is 6.26. The van der Waals surface area contributed by atoms with Gasteiger partial charge in [0.1, 0.15) is 17.8 Å². The molecule has 0 spiro atoms. The highest BCUT2D eigenvalue weighted by molar-refractivity contribution is 5.87.